The summed E-state index contributed by atoms with van der Waals surface area (Å²) in [6.07, 6.45) is 0.879. The van der Waals surface area contributed by atoms with Gasteiger partial charge in [0, 0.05) is 11.3 Å². The molecular weight excluding hydrogens is 631 g/mol. The Labute approximate surface area is 282 Å². The largest absolute Gasteiger partial charge is 0.507 e. The second kappa shape index (κ2) is 14.4. The van der Waals surface area contributed by atoms with Crippen molar-refractivity contribution < 1.29 is 24.2 Å². The van der Waals surface area contributed by atoms with Gasteiger partial charge in [0.1, 0.15) is 17.3 Å². The van der Waals surface area contributed by atoms with E-state index in [2.05, 4.69) is 48.3 Å². The van der Waals surface area contributed by atoms with Crippen molar-refractivity contribution >= 4 is 56.5 Å². The SMILES string of the molecule is CCOc1ccc(C(O)=C2C(=O)C(=O)N(c3nnc(SCc4cccc5ccccc45)s3)C2c2cccc(OCCC(C)C)c2)cc1. The van der Waals surface area contributed by atoms with E-state index >= 15 is 0 Å². The van der Waals surface area contributed by atoms with Gasteiger partial charge in [-0.25, -0.2) is 0 Å². The second-order valence-corrected chi connectivity index (χ2v) is 13.7. The normalized spacial score (nSPS) is 15.9. The van der Waals surface area contributed by atoms with E-state index in [9.17, 15) is 14.7 Å². The quantitative estimate of drug-likeness (QED) is 0.0466. The molecule has 1 saturated heterocycles. The Kier molecular flexibility index (Phi) is 9.89. The lowest BCUT2D eigenvalue weighted by Crippen LogP contribution is -2.29. The first kappa shape index (κ1) is 32.3. The van der Waals surface area contributed by atoms with Gasteiger partial charge in [0.2, 0.25) is 5.13 Å². The molecule has 47 heavy (non-hydrogen) atoms. The molecule has 0 aliphatic carbocycles. The highest BCUT2D eigenvalue weighted by Crippen LogP contribution is 2.45. The Balaban J connectivity index is 1.35. The van der Waals surface area contributed by atoms with Crippen LogP contribution in [0.5, 0.6) is 11.5 Å². The molecule has 1 fully saturated rings. The number of ether oxygens (including phenoxy) is 2. The number of aliphatic hydroxyl groups is 1. The first-order valence-electron chi connectivity index (χ1n) is 15.5. The van der Waals surface area contributed by atoms with Gasteiger partial charge >= 0.3 is 5.91 Å². The Hall–Kier alpha value is -4.67. The molecule has 0 spiro atoms. The lowest BCUT2D eigenvalue weighted by atomic mass is 9.95. The van der Waals surface area contributed by atoms with Crippen LogP contribution in [-0.4, -0.2) is 40.2 Å². The Morgan fingerprint density at radius 2 is 1.70 bits per heavy atom. The highest BCUT2D eigenvalue weighted by Gasteiger charge is 2.48. The number of fused-ring (bicyclic) bond motifs is 1. The Morgan fingerprint density at radius 3 is 2.49 bits per heavy atom. The van der Waals surface area contributed by atoms with E-state index in [1.807, 2.05) is 49.4 Å². The highest BCUT2D eigenvalue weighted by atomic mass is 32.2. The molecule has 1 aliphatic rings. The van der Waals surface area contributed by atoms with Gasteiger partial charge in [0.05, 0.1) is 24.8 Å². The molecule has 1 unspecified atom stereocenters. The van der Waals surface area contributed by atoms with Crippen LogP contribution in [0.25, 0.3) is 16.5 Å². The number of ketones is 1. The predicted octanol–water partition coefficient (Wildman–Crippen LogP) is 8.43. The number of amides is 1. The van der Waals surface area contributed by atoms with Crippen molar-refractivity contribution in [2.24, 2.45) is 5.92 Å². The highest BCUT2D eigenvalue weighted by molar-refractivity contribution is 8.00. The number of nitrogens with zero attached hydrogens (tertiary/aromatic N) is 3. The maximum absolute atomic E-state index is 13.8. The van der Waals surface area contributed by atoms with Crippen LogP contribution in [0.4, 0.5) is 5.13 Å². The molecule has 10 heteroatoms. The lowest BCUT2D eigenvalue weighted by Gasteiger charge is -2.23. The monoisotopic (exact) mass is 665 g/mol. The molecule has 8 nitrogen and oxygen atoms in total. The fraction of sp³-hybridized carbons (Fsp3) is 0.243. The number of carbonyl (C=O) groups is 2. The number of rotatable bonds is 12. The fourth-order valence-electron chi connectivity index (χ4n) is 5.48. The van der Waals surface area contributed by atoms with E-state index < -0.39 is 17.7 Å². The summed E-state index contributed by atoms with van der Waals surface area (Å²) in [6, 6.07) is 27.6. The number of hydrogen-bond donors (Lipinski definition) is 1. The van der Waals surface area contributed by atoms with E-state index in [1.165, 1.54) is 33.4 Å². The zero-order valence-corrected chi connectivity index (χ0v) is 28.0. The number of aromatic nitrogens is 2. The third kappa shape index (κ3) is 7.03. The van der Waals surface area contributed by atoms with Gasteiger partial charge in [0.15, 0.2) is 4.34 Å². The fourth-order valence-corrected chi connectivity index (χ4v) is 7.35. The number of Topliss-reactive ketones (excluding diaryl/α,β-unsaturated/α-hetero) is 1. The molecule has 1 amide bonds. The summed E-state index contributed by atoms with van der Waals surface area (Å²) in [5.74, 6) is 0.520. The van der Waals surface area contributed by atoms with E-state index in [1.54, 1.807) is 24.3 Å². The van der Waals surface area contributed by atoms with Gasteiger partial charge in [-0.3, -0.25) is 14.5 Å². The van der Waals surface area contributed by atoms with Crippen molar-refractivity contribution in [3.8, 4) is 11.5 Å². The topological polar surface area (TPSA) is 102 Å². The van der Waals surface area contributed by atoms with Gasteiger partial charge in [-0.1, -0.05) is 91.5 Å². The minimum absolute atomic E-state index is 0.0290. The van der Waals surface area contributed by atoms with Crippen LogP contribution < -0.4 is 14.4 Å². The maximum Gasteiger partial charge on any atom is 0.301 e. The van der Waals surface area contributed by atoms with Crippen molar-refractivity contribution in [1.29, 1.82) is 0 Å². The minimum Gasteiger partial charge on any atom is -0.507 e. The summed E-state index contributed by atoms with van der Waals surface area (Å²) in [6.45, 7) is 7.17. The third-order valence-electron chi connectivity index (χ3n) is 7.85. The molecule has 6 rings (SSSR count). The third-order valence-corrected chi connectivity index (χ3v) is 9.96. The Bertz CT molecular complexity index is 1930. The molecule has 0 bridgehead atoms. The number of aliphatic hydroxyl groups excluding tert-OH is 1. The molecule has 240 valence electrons. The van der Waals surface area contributed by atoms with E-state index in [0.29, 0.717) is 51.9 Å². The molecule has 1 aromatic heterocycles. The van der Waals surface area contributed by atoms with Crippen LogP contribution in [0.1, 0.15) is 49.9 Å². The Morgan fingerprint density at radius 1 is 0.936 bits per heavy atom. The van der Waals surface area contributed by atoms with Crippen LogP contribution >= 0.6 is 23.1 Å². The summed E-state index contributed by atoms with van der Waals surface area (Å²) in [5, 5.41) is 22.9. The second-order valence-electron chi connectivity index (χ2n) is 11.5. The number of anilines is 1. The average molecular weight is 666 g/mol. The molecule has 0 saturated carbocycles. The van der Waals surface area contributed by atoms with E-state index in [0.717, 1.165) is 17.4 Å². The molecule has 1 N–H and O–H groups in total. The smallest absolute Gasteiger partial charge is 0.301 e. The van der Waals surface area contributed by atoms with Crippen molar-refractivity contribution in [3.63, 3.8) is 0 Å². The van der Waals surface area contributed by atoms with Crippen LogP contribution in [0, 0.1) is 5.92 Å². The van der Waals surface area contributed by atoms with Crippen LogP contribution in [0.2, 0.25) is 0 Å². The van der Waals surface area contributed by atoms with Crippen molar-refractivity contribution in [2.75, 3.05) is 18.1 Å². The first-order chi connectivity index (χ1) is 22.8. The van der Waals surface area contributed by atoms with Gasteiger partial charge in [0.25, 0.3) is 5.78 Å². The van der Waals surface area contributed by atoms with Crippen molar-refractivity contribution in [1.82, 2.24) is 10.2 Å². The summed E-state index contributed by atoms with van der Waals surface area (Å²) in [4.78, 5) is 28.8. The molecule has 5 aromatic rings. The number of benzene rings is 4. The molecular formula is C37H35N3O5S2. The zero-order chi connectivity index (χ0) is 32.9. The van der Waals surface area contributed by atoms with Crippen molar-refractivity contribution in [2.45, 2.75) is 43.3 Å². The van der Waals surface area contributed by atoms with Crippen LogP contribution in [0.3, 0.4) is 0 Å². The van der Waals surface area contributed by atoms with Crippen LogP contribution in [-0.2, 0) is 15.3 Å². The molecule has 4 aromatic carbocycles. The maximum atomic E-state index is 13.8. The number of thioether (sulfide) groups is 1. The first-order valence-corrected chi connectivity index (χ1v) is 17.3. The standard InChI is InChI=1S/C37H35N3O5S2/c1-4-44-28-17-15-25(16-18-28)33(41)31-32(26-11-8-13-29(21-26)45-20-19-23(2)3)40(35(43)34(31)42)36-38-39-37(47-36)46-22-27-12-7-10-24-9-5-6-14-30(24)27/h5-18,21,23,32,41H,4,19-20,22H2,1-3H3. The summed E-state index contributed by atoms with van der Waals surface area (Å²) in [7, 11) is 0. The van der Waals surface area contributed by atoms with E-state index in [4.69, 9.17) is 9.47 Å². The predicted molar refractivity (Wildman–Crippen MR) is 187 cm³/mol. The minimum atomic E-state index is -0.945. The summed E-state index contributed by atoms with van der Waals surface area (Å²) < 4.78 is 12.2. The van der Waals surface area contributed by atoms with Gasteiger partial charge in [-0.2, -0.15) is 0 Å². The lowest BCUT2D eigenvalue weighted by molar-refractivity contribution is -0.132. The van der Waals surface area contributed by atoms with Gasteiger partial charge < -0.3 is 14.6 Å². The molecule has 1 atom stereocenters. The van der Waals surface area contributed by atoms with E-state index in [-0.39, 0.29) is 16.5 Å². The molecule has 0 radical (unpaired) electrons. The summed E-state index contributed by atoms with van der Waals surface area (Å²) >= 11 is 2.76. The molecule has 1 aliphatic heterocycles. The average Bonchev–Trinajstić information content (AvgIpc) is 3.65. The van der Waals surface area contributed by atoms with Crippen molar-refractivity contribution in [3.05, 3.63) is 113 Å². The van der Waals surface area contributed by atoms with Crippen LogP contribution in [0.15, 0.2) is 101 Å². The number of hydrogen-bond acceptors (Lipinski definition) is 9. The molecule has 2 heterocycles. The summed E-state index contributed by atoms with van der Waals surface area (Å²) in [5.41, 5.74) is 2.14. The van der Waals surface area contributed by atoms with Gasteiger partial charge in [-0.05, 0) is 77.6 Å². The number of carbonyl (C=O) groups excluding carboxylic acids is 2. The van der Waals surface area contributed by atoms with Gasteiger partial charge in [-0.15, -0.1) is 10.2 Å². The zero-order valence-electron chi connectivity index (χ0n) is 26.4.